The number of aromatic nitrogens is 2. The summed E-state index contributed by atoms with van der Waals surface area (Å²) in [5.41, 5.74) is 1.81. The fourth-order valence-corrected chi connectivity index (χ4v) is 2.82. The Kier molecular flexibility index (Phi) is 4.20. The van der Waals surface area contributed by atoms with E-state index in [1.54, 1.807) is 0 Å². The summed E-state index contributed by atoms with van der Waals surface area (Å²) in [6.07, 6.45) is 2.20. The molecule has 6 nitrogen and oxygen atoms in total. The molecule has 1 fully saturated rings. The topological polar surface area (TPSA) is 78.9 Å². The first-order chi connectivity index (χ1) is 10.7. The summed E-state index contributed by atoms with van der Waals surface area (Å²) in [5, 5.41) is 10.5. The van der Waals surface area contributed by atoms with Gasteiger partial charge in [-0.05, 0) is 19.4 Å². The molecule has 1 aromatic carbocycles. The third kappa shape index (κ3) is 3.17. The highest BCUT2D eigenvalue weighted by atomic mass is 16.2. The van der Waals surface area contributed by atoms with Crippen molar-refractivity contribution in [1.82, 2.24) is 20.6 Å². The van der Waals surface area contributed by atoms with Crippen LogP contribution in [0.15, 0.2) is 24.3 Å². The number of carbonyl (C=O) groups excluding carboxylic acids is 1. The molecule has 3 N–H and O–H groups in total. The number of aryl methyl sites for hydroxylation is 1. The number of nitrogens with one attached hydrogen (secondary N) is 3. The number of benzene rings is 1. The zero-order valence-electron chi connectivity index (χ0n) is 12.9. The zero-order chi connectivity index (χ0) is 15.5. The molecule has 1 aromatic heterocycles. The molecule has 0 saturated carbocycles. The highest BCUT2D eigenvalue weighted by Gasteiger charge is 2.25. The molecule has 2 unspecified atom stereocenters. The van der Waals surface area contributed by atoms with Gasteiger partial charge < -0.3 is 10.6 Å². The number of para-hydroxylation sites is 1. The molecule has 0 aliphatic carbocycles. The smallest absolute Gasteiger partial charge is 0.226 e. The van der Waals surface area contributed by atoms with Gasteiger partial charge in [-0.2, -0.15) is 0 Å². The van der Waals surface area contributed by atoms with E-state index in [1.807, 2.05) is 31.2 Å². The Labute approximate surface area is 129 Å². The van der Waals surface area contributed by atoms with E-state index in [0.717, 1.165) is 29.4 Å². The van der Waals surface area contributed by atoms with E-state index in [0.29, 0.717) is 12.4 Å². The maximum absolute atomic E-state index is 11.8. The molecule has 22 heavy (non-hydrogen) atoms. The first-order valence-corrected chi connectivity index (χ1v) is 7.71. The van der Waals surface area contributed by atoms with Crippen molar-refractivity contribution in [2.45, 2.75) is 45.4 Å². The number of hydrogen-bond donors (Lipinski definition) is 3. The van der Waals surface area contributed by atoms with Crippen molar-refractivity contribution >= 4 is 22.8 Å². The van der Waals surface area contributed by atoms with Crippen LogP contribution in [0.4, 0.5) is 5.95 Å². The normalized spacial score (nSPS) is 21.6. The summed E-state index contributed by atoms with van der Waals surface area (Å²) in [5.74, 6) is 0.568. The molecular weight excluding hydrogens is 278 g/mol. The van der Waals surface area contributed by atoms with Gasteiger partial charge in [-0.15, -0.1) is 0 Å². The Morgan fingerprint density at radius 3 is 2.95 bits per heavy atom. The molecule has 2 aromatic rings. The fourth-order valence-electron chi connectivity index (χ4n) is 2.82. The van der Waals surface area contributed by atoms with E-state index in [-0.39, 0.29) is 18.2 Å². The van der Waals surface area contributed by atoms with Crippen molar-refractivity contribution in [2.24, 2.45) is 0 Å². The van der Waals surface area contributed by atoms with Gasteiger partial charge in [0.25, 0.3) is 0 Å². The lowest BCUT2D eigenvalue weighted by molar-refractivity contribution is -0.124. The summed E-state index contributed by atoms with van der Waals surface area (Å²) in [7, 11) is 0. The lowest BCUT2D eigenvalue weighted by Crippen LogP contribution is -2.59. The summed E-state index contributed by atoms with van der Waals surface area (Å²) >= 11 is 0. The maximum Gasteiger partial charge on any atom is 0.226 e. The number of carbonyl (C=O) groups is 1. The van der Waals surface area contributed by atoms with Crippen LogP contribution < -0.4 is 16.0 Å². The lowest BCUT2D eigenvalue weighted by Gasteiger charge is -2.31. The van der Waals surface area contributed by atoms with Crippen molar-refractivity contribution in [3.63, 3.8) is 0 Å². The van der Waals surface area contributed by atoms with E-state index >= 15 is 0 Å². The third-order valence-corrected chi connectivity index (χ3v) is 3.84. The average Bonchev–Trinajstić information content (AvgIpc) is 2.47. The molecule has 1 amide bonds. The highest BCUT2D eigenvalue weighted by molar-refractivity contribution is 5.82. The SMILES string of the molecule is CCCC1CC(=O)NC(Nc2nc(C)c3ccccc3n2)N1. The first-order valence-electron chi connectivity index (χ1n) is 7.71. The van der Waals surface area contributed by atoms with Gasteiger partial charge in [0.2, 0.25) is 11.9 Å². The van der Waals surface area contributed by atoms with E-state index in [2.05, 4.69) is 32.8 Å². The minimum Gasteiger partial charge on any atom is -0.323 e. The predicted molar refractivity (Wildman–Crippen MR) is 86.3 cm³/mol. The molecule has 1 aliphatic rings. The number of hydrogen-bond acceptors (Lipinski definition) is 5. The largest absolute Gasteiger partial charge is 0.323 e. The molecule has 0 bridgehead atoms. The van der Waals surface area contributed by atoms with Gasteiger partial charge in [0.15, 0.2) is 6.29 Å². The number of rotatable bonds is 4. The Hall–Kier alpha value is -2.21. The van der Waals surface area contributed by atoms with Gasteiger partial charge in [0.1, 0.15) is 0 Å². The average molecular weight is 299 g/mol. The summed E-state index contributed by atoms with van der Waals surface area (Å²) in [4.78, 5) is 20.8. The second-order valence-electron chi connectivity index (χ2n) is 5.65. The van der Waals surface area contributed by atoms with Crippen LogP contribution in [0.2, 0.25) is 0 Å². The third-order valence-electron chi connectivity index (χ3n) is 3.84. The van der Waals surface area contributed by atoms with Crippen molar-refractivity contribution < 1.29 is 4.79 Å². The van der Waals surface area contributed by atoms with Crippen LogP contribution in [0.1, 0.15) is 31.9 Å². The van der Waals surface area contributed by atoms with Gasteiger partial charge in [0, 0.05) is 17.8 Å². The molecule has 2 atom stereocenters. The molecule has 1 saturated heterocycles. The van der Waals surface area contributed by atoms with Crippen LogP contribution in [-0.2, 0) is 4.79 Å². The molecule has 1 aliphatic heterocycles. The molecule has 116 valence electrons. The number of fused-ring (bicyclic) bond motifs is 1. The van der Waals surface area contributed by atoms with Crippen molar-refractivity contribution in [3.05, 3.63) is 30.0 Å². The Morgan fingerprint density at radius 2 is 2.14 bits per heavy atom. The Bertz CT molecular complexity index is 687. The van der Waals surface area contributed by atoms with Gasteiger partial charge in [-0.3, -0.25) is 10.1 Å². The Morgan fingerprint density at radius 1 is 1.32 bits per heavy atom. The van der Waals surface area contributed by atoms with Crippen molar-refractivity contribution in [2.75, 3.05) is 5.32 Å². The van der Waals surface area contributed by atoms with Crippen molar-refractivity contribution in [3.8, 4) is 0 Å². The Balaban J connectivity index is 1.79. The predicted octanol–water partition coefficient (Wildman–Crippen LogP) is 1.91. The number of amides is 1. The highest BCUT2D eigenvalue weighted by Crippen LogP contribution is 2.17. The minimum absolute atomic E-state index is 0.0483. The van der Waals surface area contributed by atoms with Crippen LogP contribution in [0.5, 0.6) is 0 Å². The molecule has 0 spiro atoms. The second kappa shape index (κ2) is 6.27. The fraction of sp³-hybridized carbons (Fsp3) is 0.438. The van der Waals surface area contributed by atoms with E-state index in [4.69, 9.17) is 0 Å². The second-order valence-corrected chi connectivity index (χ2v) is 5.65. The lowest BCUT2D eigenvalue weighted by atomic mass is 10.1. The maximum atomic E-state index is 11.8. The van der Waals surface area contributed by atoms with Gasteiger partial charge in [0.05, 0.1) is 11.2 Å². The summed E-state index contributed by atoms with van der Waals surface area (Å²) < 4.78 is 0. The van der Waals surface area contributed by atoms with Gasteiger partial charge in [-0.25, -0.2) is 9.97 Å². The van der Waals surface area contributed by atoms with Gasteiger partial charge in [-0.1, -0.05) is 31.5 Å². The number of anilines is 1. The summed E-state index contributed by atoms with van der Waals surface area (Å²) in [6, 6.07) is 8.09. The van der Waals surface area contributed by atoms with E-state index in [1.165, 1.54) is 0 Å². The first kappa shape index (κ1) is 14.7. The van der Waals surface area contributed by atoms with Crippen LogP contribution in [0, 0.1) is 6.92 Å². The molecule has 0 radical (unpaired) electrons. The van der Waals surface area contributed by atoms with Crippen molar-refractivity contribution in [1.29, 1.82) is 0 Å². The van der Waals surface area contributed by atoms with Gasteiger partial charge >= 0.3 is 0 Å². The summed E-state index contributed by atoms with van der Waals surface area (Å²) in [6.45, 7) is 4.08. The minimum atomic E-state index is -0.335. The van der Waals surface area contributed by atoms with Crippen LogP contribution in [0.3, 0.4) is 0 Å². The van der Waals surface area contributed by atoms with Crippen LogP contribution >= 0.6 is 0 Å². The van der Waals surface area contributed by atoms with E-state index < -0.39 is 0 Å². The number of nitrogens with zero attached hydrogens (tertiary/aromatic N) is 2. The quantitative estimate of drug-likeness (QED) is 0.804. The monoisotopic (exact) mass is 299 g/mol. The molecule has 3 rings (SSSR count). The van der Waals surface area contributed by atoms with Crippen LogP contribution in [0.25, 0.3) is 10.9 Å². The molecule has 6 heteroatoms. The molecular formula is C16H21N5O. The zero-order valence-corrected chi connectivity index (χ0v) is 12.9. The molecule has 2 heterocycles. The van der Waals surface area contributed by atoms with Crippen LogP contribution in [-0.4, -0.2) is 28.2 Å². The van der Waals surface area contributed by atoms with E-state index in [9.17, 15) is 4.79 Å². The standard InChI is InChI=1S/C16H21N5O/c1-3-6-11-9-14(22)20-16(18-11)21-15-17-10(2)12-7-4-5-8-13(12)19-15/h4-5,7-8,11,16,18H,3,6,9H2,1-2H3,(H,20,22)(H,17,19,21).